The predicted molar refractivity (Wildman–Crippen MR) is 193 cm³/mol. The third kappa shape index (κ3) is 5.64. The van der Waals surface area contributed by atoms with Crippen LogP contribution in [0.15, 0.2) is 167 Å². The van der Waals surface area contributed by atoms with E-state index in [1.54, 1.807) is 0 Å². The Balaban J connectivity index is 1.55. The molecule has 0 saturated carbocycles. The summed E-state index contributed by atoms with van der Waals surface area (Å²) >= 11 is 1.52. The minimum Gasteiger partial charge on any atom is -0.468 e. The highest BCUT2D eigenvalue weighted by Gasteiger charge is 2.67. The average Bonchev–Trinajstić information content (AvgIpc) is 3.64. The number of benzene rings is 5. The molecule has 232 valence electrons. The van der Waals surface area contributed by atoms with Crippen molar-refractivity contribution in [2.75, 3.05) is 17.0 Å². The lowest BCUT2D eigenvalue weighted by Crippen LogP contribution is -2.65. The molecule has 47 heavy (non-hydrogen) atoms. The molecule has 0 unspecified atom stereocenters. The zero-order valence-electron chi connectivity index (χ0n) is 26.2. The zero-order valence-corrected chi connectivity index (χ0v) is 27.0. The highest BCUT2D eigenvalue weighted by Crippen LogP contribution is 2.56. The monoisotopic (exact) mass is 634 g/mol. The third-order valence-corrected chi connectivity index (χ3v) is 9.64. The molecule has 7 heteroatoms. The molecule has 2 aliphatic heterocycles. The third-order valence-electron chi connectivity index (χ3n) is 8.42. The molecule has 2 aliphatic rings. The number of nitrogens with zero attached hydrogens (tertiary/aromatic N) is 4. The summed E-state index contributed by atoms with van der Waals surface area (Å²) in [6.07, 6.45) is 2.79. The van der Waals surface area contributed by atoms with Crippen LogP contribution in [0.3, 0.4) is 0 Å². The van der Waals surface area contributed by atoms with Gasteiger partial charge in [-0.3, -0.25) is 9.69 Å². The Hall–Kier alpha value is -5.40. The van der Waals surface area contributed by atoms with E-state index in [-0.39, 0.29) is 5.97 Å². The Bertz CT molecular complexity index is 1950. The first-order valence-corrected chi connectivity index (χ1v) is 16.4. The molecule has 6 nitrogen and oxygen atoms in total. The maximum atomic E-state index is 14.4. The van der Waals surface area contributed by atoms with Gasteiger partial charge in [-0.15, -0.1) is 0 Å². The Morgan fingerprint density at radius 1 is 0.809 bits per heavy atom. The topological polar surface area (TPSA) is 57.5 Å². The molecule has 0 amide bonds. The molecule has 1 saturated heterocycles. The van der Waals surface area contributed by atoms with Crippen molar-refractivity contribution in [3.8, 4) is 0 Å². The second kappa shape index (κ2) is 13.1. The van der Waals surface area contributed by atoms with E-state index in [1.807, 2.05) is 102 Å². The molecule has 0 aliphatic carbocycles. The lowest BCUT2D eigenvalue weighted by atomic mass is 9.88. The van der Waals surface area contributed by atoms with Gasteiger partial charge in [-0.2, -0.15) is 5.10 Å². The molecule has 0 radical (unpaired) electrons. The number of rotatable bonds is 7. The van der Waals surface area contributed by atoms with Crippen LogP contribution in [-0.2, 0) is 16.0 Å². The van der Waals surface area contributed by atoms with Gasteiger partial charge in [0.25, 0.3) is 0 Å². The quantitative estimate of drug-likeness (QED) is 0.168. The molecule has 5 aromatic rings. The summed E-state index contributed by atoms with van der Waals surface area (Å²) < 4.78 is 5.67. The Morgan fingerprint density at radius 3 is 2.00 bits per heavy atom. The van der Waals surface area contributed by atoms with Crippen LogP contribution in [-0.4, -0.2) is 29.6 Å². The number of carbonyl (C=O) groups is 1. The smallest absolute Gasteiger partial charge is 0.318 e. The van der Waals surface area contributed by atoms with Gasteiger partial charge in [0.15, 0.2) is 5.84 Å². The first-order chi connectivity index (χ1) is 23.1. The normalized spacial score (nSPS) is 20.6. The number of esters is 1. The van der Waals surface area contributed by atoms with E-state index in [4.69, 9.17) is 14.8 Å². The van der Waals surface area contributed by atoms with Gasteiger partial charge < -0.3 is 4.74 Å². The number of aryl methyl sites for hydroxylation is 1. The van der Waals surface area contributed by atoms with Gasteiger partial charge in [-0.05, 0) is 55.3 Å². The van der Waals surface area contributed by atoms with Crippen LogP contribution in [0, 0.1) is 12.8 Å². The van der Waals surface area contributed by atoms with Crippen molar-refractivity contribution in [2.45, 2.75) is 19.0 Å². The Morgan fingerprint density at radius 2 is 1.38 bits per heavy atom. The number of thioether (sulfide) groups is 1. The second-order valence-corrected chi connectivity index (χ2v) is 12.5. The highest BCUT2D eigenvalue weighted by atomic mass is 32.2. The van der Waals surface area contributed by atoms with E-state index < -0.39 is 11.6 Å². The van der Waals surface area contributed by atoms with Crippen molar-refractivity contribution >= 4 is 45.7 Å². The summed E-state index contributed by atoms with van der Waals surface area (Å²) in [7, 11) is 1.46. The molecule has 1 fully saturated rings. The van der Waals surface area contributed by atoms with Crippen molar-refractivity contribution in [1.29, 1.82) is 0 Å². The summed E-state index contributed by atoms with van der Waals surface area (Å²) in [5.41, 5.74) is 4.47. The minimum atomic E-state index is -1.24. The van der Waals surface area contributed by atoms with Crippen LogP contribution in [0.1, 0.15) is 16.7 Å². The number of allylic oxidation sites excluding steroid dienone is 1. The van der Waals surface area contributed by atoms with Gasteiger partial charge in [0.2, 0.25) is 5.66 Å². The first-order valence-electron chi connectivity index (χ1n) is 15.6. The van der Waals surface area contributed by atoms with Gasteiger partial charge >= 0.3 is 5.97 Å². The van der Waals surface area contributed by atoms with E-state index in [2.05, 4.69) is 66.4 Å². The fourth-order valence-corrected chi connectivity index (χ4v) is 7.57. The molecule has 0 bridgehead atoms. The average molecular weight is 635 g/mol. The number of hydrogen-bond donors (Lipinski definition) is 0. The summed E-state index contributed by atoms with van der Waals surface area (Å²) in [4.78, 5) is 22.8. The van der Waals surface area contributed by atoms with Gasteiger partial charge in [0, 0.05) is 16.2 Å². The molecule has 2 heterocycles. The van der Waals surface area contributed by atoms with Crippen LogP contribution in [0.4, 0.5) is 17.1 Å². The Kier molecular flexibility index (Phi) is 8.46. The Labute approximate surface area is 279 Å². The molecule has 0 N–H and O–H groups in total. The number of hydrazone groups is 1. The van der Waals surface area contributed by atoms with Crippen LogP contribution in [0.2, 0.25) is 0 Å². The van der Waals surface area contributed by atoms with Crippen LogP contribution in [0.25, 0.3) is 0 Å². The highest BCUT2D eigenvalue weighted by molar-refractivity contribution is 8.18. The van der Waals surface area contributed by atoms with Crippen molar-refractivity contribution in [1.82, 2.24) is 0 Å². The second-order valence-electron chi connectivity index (χ2n) is 11.4. The van der Waals surface area contributed by atoms with Crippen LogP contribution in [0.5, 0.6) is 0 Å². The molecular weight excluding hydrogens is 601 g/mol. The minimum absolute atomic E-state index is 0.364. The summed E-state index contributed by atoms with van der Waals surface area (Å²) in [6.45, 7) is 2.07. The van der Waals surface area contributed by atoms with E-state index in [0.29, 0.717) is 12.3 Å². The fourth-order valence-electron chi connectivity index (χ4n) is 6.20. The van der Waals surface area contributed by atoms with Gasteiger partial charge in [-0.1, -0.05) is 133 Å². The van der Waals surface area contributed by atoms with Crippen molar-refractivity contribution < 1.29 is 9.53 Å². The summed E-state index contributed by atoms with van der Waals surface area (Å²) in [5, 5.41) is 8.11. The molecule has 5 aromatic carbocycles. The zero-order chi connectivity index (χ0) is 32.2. The largest absolute Gasteiger partial charge is 0.468 e. The predicted octanol–water partition coefficient (Wildman–Crippen LogP) is 8.77. The van der Waals surface area contributed by atoms with E-state index in [9.17, 15) is 4.79 Å². The lowest BCUT2D eigenvalue weighted by molar-refractivity contribution is -0.144. The summed E-state index contributed by atoms with van der Waals surface area (Å²) in [6, 6.07) is 48.7. The number of para-hydroxylation sites is 3. The molecule has 7 rings (SSSR count). The van der Waals surface area contributed by atoms with E-state index >= 15 is 0 Å². The van der Waals surface area contributed by atoms with Crippen LogP contribution >= 0.6 is 11.8 Å². The lowest BCUT2D eigenvalue weighted by Gasteiger charge is -2.44. The molecular formula is C40H34N4O2S. The number of hydrogen-bond acceptors (Lipinski definition) is 7. The van der Waals surface area contributed by atoms with Gasteiger partial charge in [0.1, 0.15) is 11.0 Å². The van der Waals surface area contributed by atoms with Crippen molar-refractivity contribution in [3.05, 3.63) is 173 Å². The molecule has 0 aromatic heterocycles. The maximum Gasteiger partial charge on any atom is 0.318 e. The van der Waals surface area contributed by atoms with Crippen LogP contribution < -0.4 is 9.91 Å². The van der Waals surface area contributed by atoms with Crippen molar-refractivity contribution in [3.63, 3.8) is 0 Å². The summed E-state index contributed by atoms with van der Waals surface area (Å²) in [5.74, 6) is -0.451. The number of ether oxygens (including phenoxy) is 1. The number of amidine groups is 1. The SMILES string of the molecule is COC(=O)[C@@H]1/C(=C\Cc2ccccc2)SC(=Nc2ccccc2)[C@]12N(c1ccccc1)N=C(c1ccc(C)cc1)N2c1ccccc1. The van der Waals surface area contributed by atoms with Crippen molar-refractivity contribution in [2.24, 2.45) is 16.0 Å². The standard InChI is InChI=1S/C40H34N4O2S/c1-29-23-26-31(27-24-29)37-42-44(34-21-13-6-14-22-34)40(43(37)33-19-11-5-12-20-33)36(38(45)46-2)35(28-25-30-15-7-3-8-16-30)47-39(40)41-32-17-9-4-10-18-32/h3-24,26-28,36H,25H2,1-2H3/b35-28+,41-39?/t36-,40+/m0/s1. The number of aliphatic imine (C=N–C) groups is 1. The number of carbonyl (C=O) groups excluding carboxylic acids is 1. The molecule has 2 atom stereocenters. The number of methoxy groups -OCH3 is 1. The van der Waals surface area contributed by atoms with Gasteiger partial charge in [0.05, 0.1) is 18.5 Å². The number of anilines is 2. The first kappa shape index (κ1) is 30.3. The van der Waals surface area contributed by atoms with Gasteiger partial charge in [-0.25, -0.2) is 10.0 Å². The molecule has 1 spiro atoms. The van der Waals surface area contributed by atoms with E-state index in [1.165, 1.54) is 18.9 Å². The fraction of sp³-hybridized carbons (Fsp3) is 0.125. The maximum absolute atomic E-state index is 14.4. The van der Waals surface area contributed by atoms with E-state index in [0.717, 1.165) is 43.7 Å².